The van der Waals surface area contributed by atoms with Crippen molar-refractivity contribution >= 4 is 0 Å². The zero-order chi connectivity index (χ0) is 20.1. The lowest BCUT2D eigenvalue weighted by atomic mass is 9.98. The van der Waals surface area contributed by atoms with Crippen molar-refractivity contribution < 1.29 is 55.1 Å². The number of nitrogens with one attached hydrogen (secondary N) is 1. The van der Waals surface area contributed by atoms with Crippen LogP contribution in [0.3, 0.4) is 0 Å². The average molecular weight is 399 g/mol. The van der Waals surface area contributed by atoms with Crippen molar-refractivity contribution in [1.82, 2.24) is 5.32 Å². The Morgan fingerprint density at radius 3 is 1.85 bits per heavy atom. The van der Waals surface area contributed by atoms with Crippen LogP contribution >= 0.6 is 0 Å². The van der Waals surface area contributed by atoms with Crippen LogP contribution in [0.4, 0.5) is 0 Å². The molecule has 2 aliphatic heterocycles. The summed E-state index contributed by atoms with van der Waals surface area (Å²) in [7, 11) is 0. The van der Waals surface area contributed by atoms with Gasteiger partial charge in [-0.3, -0.25) is 5.32 Å². The molecule has 0 aliphatic carbocycles. The molecule has 12 heteroatoms. The summed E-state index contributed by atoms with van der Waals surface area (Å²) in [5, 5.41) is 79.5. The van der Waals surface area contributed by atoms with Gasteiger partial charge in [0.05, 0.1) is 19.8 Å². The Labute approximate surface area is 155 Å². The van der Waals surface area contributed by atoms with E-state index in [2.05, 4.69) is 5.32 Å². The fourth-order valence-corrected chi connectivity index (χ4v) is 2.99. The molecule has 0 aromatic heterocycles. The second-order valence-corrected chi connectivity index (χ2v) is 6.63. The average Bonchev–Trinajstić information content (AvgIpc) is 2.67. The van der Waals surface area contributed by atoms with E-state index in [-0.39, 0.29) is 13.2 Å². The first-order chi connectivity index (χ1) is 12.8. The first-order valence-corrected chi connectivity index (χ1v) is 8.77. The molecule has 0 unspecified atom stereocenters. The predicted octanol–water partition coefficient (Wildman–Crippen LogP) is -5.42. The van der Waals surface area contributed by atoms with Gasteiger partial charge in [-0.05, 0) is 13.0 Å². The molecule has 9 N–H and O–H groups in total. The lowest BCUT2D eigenvalue weighted by Gasteiger charge is -2.40. The Bertz CT molecular complexity index is 402. The molecule has 0 radical (unpaired) electrons. The normalized spacial score (nSPS) is 45.8. The van der Waals surface area contributed by atoms with Crippen LogP contribution in [0.1, 0.15) is 6.42 Å². The summed E-state index contributed by atoms with van der Waals surface area (Å²) in [6.07, 6.45) is -12.7. The number of aliphatic hydroxyl groups is 8. The molecule has 27 heavy (non-hydrogen) atoms. The molecule has 160 valence electrons. The quantitative estimate of drug-likeness (QED) is 0.176. The van der Waals surface area contributed by atoms with E-state index in [4.69, 9.17) is 24.4 Å². The second-order valence-electron chi connectivity index (χ2n) is 6.63. The predicted molar refractivity (Wildman–Crippen MR) is 86.1 cm³/mol. The molecule has 2 saturated heterocycles. The van der Waals surface area contributed by atoms with E-state index in [1.165, 1.54) is 0 Å². The van der Waals surface area contributed by atoms with Crippen LogP contribution in [0.5, 0.6) is 0 Å². The molecular weight excluding hydrogens is 370 g/mol. The first kappa shape index (κ1) is 22.8. The van der Waals surface area contributed by atoms with E-state index in [0.29, 0.717) is 6.42 Å². The van der Waals surface area contributed by atoms with Crippen molar-refractivity contribution in [3.63, 3.8) is 0 Å². The smallest absolute Gasteiger partial charge is 0.186 e. The number of hydrogen-bond donors (Lipinski definition) is 9. The Hall–Kier alpha value is -0.480. The van der Waals surface area contributed by atoms with Gasteiger partial charge in [0.25, 0.3) is 0 Å². The summed E-state index contributed by atoms with van der Waals surface area (Å²) in [4.78, 5) is 0. The Balaban J connectivity index is 1.72. The first-order valence-electron chi connectivity index (χ1n) is 8.77. The van der Waals surface area contributed by atoms with Crippen LogP contribution in [0.25, 0.3) is 0 Å². The van der Waals surface area contributed by atoms with Crippen LogP contribution in [-0.4, -0.2) is 129 Å². The molecule has 0 bridgehead atoms. The highest BCUT2D eigenvalue weighted by Crippen LogP contribution is 2.22. The lowest BCUT2D eigenvalue weighted by Crippen LogP contribution is -2.62. The van der Waals surface area contributed by atoms with E-state index < -0.39 is 74.6 Å². The monoisotopic (exact) mass is 399 g/mol. The minimum Gasteiger partial charge on any atom is -0.394 e. The van der Waals surface area contributed by atoms with E-state index >= 15 is 0 Å². The van der Waals surface area contributed by atoms with Crippen molar-refractivity contribution in [2.45, 2.75) is 67.8 Å². The molecule has 2 fully saturated rings. The van der Waals surface area contributed by atoms with Gasteiger partial charge in [-0.15, -0.1) is 0 Å². The minimum absolute atomic E-state index is 0.0626. The molecule has 2 aliphatic rings. The molecular formula is C15H29NO11. The number of rotatable bonds is 8. The van der Waals surface area contributed by atoms with Crippen LogP contribution in [0.15, 0.2) is 0 Å². The summed E-state index contributed by atoms with van der Waals surface area (Å²) in [6, 6.07) is 0. The van der Waals surface area contributed by atoms with Gasteiger partial charge in [-0.2, -0.15) is 0 Å². The summed E-state index contributed by atoms with van der Waals surface area (Å²) in [5.41, 5.74) is 0. The van der Waals surface area contributed by atoms with Gasteiger partial charge in [0, 0.05) is 0 Å². The largest absolute Gasteiger partial charge is 0.394 e. The van der Waals surface area contributed by atoms with E-state index in [9.17, 15) is 30.6 Å². The molecule has 0 spiro atoms. The fourth-order valence-electron chi connectivity index (χ4n) is 2.99. The van der Waals surface area contributed by atoms with Crippen LogP contribution < -0.4 is 5.32 Å². The molecule has 12 nitrogen and oxygen atoms in total. The Morgan fingerprint density at radius 2 is 1.26 bits per heavy atom. The Kier molecular flexibility index (Phi) is 8.73. The van der Waals surface area contributed by atoms with E-state index in [1.807, 2.05) is 0 Å². The third-order valence-corrected chi connectivity index (χ3v) is 4.69. The third-order valence-electron chi connectivity index (χ3n) is 4.69. The summed E-state index contributed by atoms with van der Waals surface area (Å²) in [5.74, 6) is 0. The van der Waals surface area contributed by atoms with Crippen LogP contribution in [0.2, 0.25) is 0 Å². The fraction of sp³-hybridized carbons (Fsp3) is 1.00. The van der Waals surface area contributed by atoms with Gasteiger partial charge in [-0.1, -0.05) is 0 Å². The van der Waals surface area contributed by atoms with E-state index in [1.54, 1.807) is 0 Å². The zero-order valence-corrected chi connectivity index (χ0v) is 14.6. The molecule has 2 rings (SSSR count). The van der Waals surface area contributed by atoms with Crippen molar-refractivity contribution in [1.29, 1.82) is 0 Å². The van der Waals surface area contributed by atoms with Gasteiger partial charge in [0.2, 0.25) is 0 Å². The SMILES string of the molecule is OC[C@H]1O[C@H](OCCCN[C@H]2O[C@H](CO)[C@@H](O)[C@H](O)[C@@H]2O)[C@@H](O)[C@@H](O)[C@@H]1O. The number of aliphatic hydroxyl groups excluding tert-OH is 8. The highest BCUT2D eigenvalue weighted by molar-refractivity contribution is 4.91. The minimum atomic E-state index is -1.52. The number of hydrogen-bond acceptors (Lipinski definition) is 12. The maximum absolute atomic E-state index is 9.89. The number of ether oxygens (including phenoxy) is 3. The van der Waals surface area contributed by atoms with E-state index in [0.717, 1.165) is 0 Å². The molecule has 0 saturated carbocycles. The van der Waals surface area contributed by atoms with Gasteiger partial charge >= 0.3 is 0 Å². The van der Waals surface area contributed by atoms with Crippen molar-refractivity contribution in [3.05, 3.63) is 0 Å². The van der Waals surface area contributed by atoms with Crippen LogP contribution in [0, 0.1) is 0 Å². The molecule has 0 amide bonds. The lowest BCUT2D eigenvalue weighted by molar-refractivity contribution is -0.301. The maximum Gasteiger partial charge on any atom is 0.186 e. The topological polar surface area (TPSA) is 202 Å². The molecule has 0 aromatic carbocycles. The highest BCUT2D eigenvalue weighted by atomic mass is 16.7. The third kappa shape index (κ3) is 5.32. The summed E-state index contributed by atoms with van der Waals surface area (Å²) >= 11 is 0. The van der Waals surface area contributed by atoms with Gasteiger partial charge in [-0.25, -0.2) is 0 Å². The molecule has 10 atom stereocenters. The summed E-state index contributed by atoms with van der Waals surface area (Å²) in [6.45, 7) is -0.764. The second kappa shape index (κ2) is 10.3. The maximum atomic E-state index is 9.89. The molecule has 2 heterocycles. The molecule has 0 aromatic rings. The standard InChI is InChI=1S/C15H29NO11/c17-4-6-8(19)10(21)12(23)14(26-6)16-2-1-3-25-15-13(24)11(22)9(20)7(5-18)27-15/h6-24H,1-5H2/t6-,7-,8-,9-,10+,11+,12+,13+,14+,15+/m1/s1. The zero-order valence-electron chi connectivity index (χ0n) is 14.6. The van der Waals surface area contributed by atoms with Crippen molar-refractivity contribution in [2.24, 2.45) is 0 Å². The summed E-state index contributed by atoms with van der Waals surface area (Å²) < 4.78 is 15.8. The van der Waals surface area contributed by atoms with Crippen molar-refractivity contribution in [2.75, 3.05) is 26.4 Å². The highest BCUT2D eigenvalue weighted by Gasteiger charge is 2.44. The van der Waals surface area contributed by atoms with Gasteiger partial charge in [0.15, 0.2) is 6.29 Å². The van der Waals surface area contributed by atoms with Gasteiger partial charge < -0.3 is 55.1 Å². The van der Waals surface area contributed by atoms with Crippen molar-refractivity contribution in [3.8, 4) is 0 Å². The van der Waals surface area contributed by atoms with Crippen LogP contribution in [-0.2, 0) is 14.2 Å². The van der Waals surface area contributed by atoms with Gasteiger partial charge in [0.1, 0.15) is 55.1 Å². The Morgan fingerprint density at radius 1 is 0.704 bits per heavy atom.